The Hall–Kier alpha value is -2.72. The second-order valence-corrected chi connectivity index (χ2v) is 7.94. The molecular weight excluding hydrogens is 384 g/mol. The van der Waals surface area contributed by atoms with E-state index in [-0.39, 0.29) is 6.17 Å². The van der Waals surface area contributed by atoms with E-state index >= 15 is 0 Å². The maximum Gasteiger partial charge on any atom is 0.221 e. The number of guanidine groups is 1. The van der Waals surface area contributed by atoms with Crippen molar-refractivity contribution in [1.82, 2.24) is 25.6 Å². The fourth-order valence-electron chi connectivity index (χ4n) is 3.73. The predicted molar refractivity (Wildman–Crippen MR) is 113 cm³/mol. The van der Waals surface area contributed by atoms with Crippen molar-refractivity contribution in [3.63, 3.8) is 0 Å². The van der Waals surface area contributed by atoms with Gasteiger partial charge in [0.25, 0.3) is 0 Å². The van der Waals surface area contributed by atoms with Crippen molar-refractivity contribution in [2.45, 2.75) is 51.2 Å². The highest BCUT2D eigenvalue weighted by atomic mass is 16.5. The number of aromatic nitrogens is 3. The number of amidine groups is 1. The summed E-state index contributed by atoms with van der Waals surface area (Å²) < 4.78 is 10.9. The van der Waals surface area contributed by atoms with Crippen LogP contribution in [0.5, 0.6) is 0 Å². The van der Waals surface area contributed by atoms with E-state index in [0.717, 1.165) is 61.5 Å². The number of morpholine rings is 1. The Balaban J connectivity index is 1.29. The molecule has 2 aliphatic heterocycles. The Labute approximate surface area is 175 Å². The van der Waals surface area contributed by atoms with Gasteiger partial charge in [-0.05, 0) is 19.3 Å². The van der Waals surface area contributed by atoms with Gasteiger partial charge in [0.1, 0.15) is 17.8 Å². The highest BCUT2D eigenvalue weighted by Crippen LogP contribution is 2.39. The van der Waals surface area contributed by atoms with Gasteiger partial charge in [-0.2, -0.15) is 5.10 Å². The zero-order valence-corrected chi connectivity index (χ0v) is 17.2. The van der Waals surface area contributed by atoms with Gasteiger partial charge in [-0.3, -0.25) is 10.00 Å². The summed E-state index contributed by atoms with van der Waals surface area (Å²) in [4.78, 5) is 11.9. The van der Waals surface area contributed by atoms with Crippen LogP contribution in [0, 0.1) is 0 Å². The molecule has 3 N–H and O–H groups in total. The van der Waals surface area contributed by atoms with Crippen molar-refractivity contribution < 1.29 is 9.26 Å². The topological polar surface area (TPSA) is 116 Å². The van der Waals surface area contributed by atoms with Crippen molar-refractivity contribution in [3.05, 3.63) is 29.3 Å². The third-order valence-electron chi connectivity index (χ3n) is 5.62. The number of nitrogens with one attached hydrogen (secondary N) is 3. The van der Waals surface area contributed by atoms with Crippen LogP contribution >= 0.6 is 0 Å². The fraction of sp³-hybridized carbons (Fsp3) is 0.600. The minimum Gasteiger partial charge on any atom is -0.379 e. The molecule has 1 saturated heterocycles. The predicted octanol–water partition coefficient (Wildman–Crippen LogP) is 1.86. The number of ether oxygens (including phenoxy) is 1. The summed E-state index contributed by atoms with van der Waals surface area (Å²) in [5, 5.41) is 18.3. The standard InChI is InChI=1S/C20H28N8O2/c1-2-14-9-15(30-27-14)12-21-20-23-17(11-19(24-20)28-5-7-29-8-6-28)22-18-10-16(25-26-18)13-3-4-13/h9-10,13,19H,2-8,11-12H2,1H3,(H3,21,22,23,24,25,26). The van der Waals surface area contributed by atoms with Gasteiger partial charge in [0.2, 0.25) is 5.96 Å². The van der Waals surface area contributed by atoms with E-state index < -0.39 is 0 Å². The Morgan fingerprint density at radius 3 is 2.87 bits per heavy atom. The minimum atomic E-state index is 0.0168. The van der Waals surface area contributed by atoms with E-state index in [0.29, 0.717) is 24.8 Å². The van der Waals surface area contributed by atoms with Gasteiger partial charge in [0, 0.05) is 37.6 Å². The monoisotopic (exact) mass is 412 g/mol. The van der Waals surface area contributed by atoms with Crippen LogP contribution < -0.4 is 10.6 Å². The lowest BCUT2D eigenvalue weighted by molar-refractivity contribution is 0.0194. The largest absolute Gasteiger partial charge is 0.379 e. The molecule has 0 radical (unpaired) electrons. The van der Waals surface area contributed by atoms with E-state index in [1.54, 1.807) is 0 Å². The van der Waals surface area contributed by atoms with Gasteiger partial charge in [0.15, 0.2) is 5.76 Å². The molecule has 1 aliphatic carbocycles. The molecule has 30 heavy (non-hydrogen) atoms. The van der Waals surface area contributed by atoms with Gasteiger partial charge in [-0.25, -0.2) is 9.98 Å². The zero-order chi connectivity index (χ0) is 20.3. The van der Waals surface area contributed by atoms with Crippen LogP contribution in [0.25, 0.3) is 0 Å². The molecule has 0 amide bonds. The van der Waals surface area contributed by atoms with Crippen molar-refractivity contribution >= 4 is 17.6 Å². The molecular formula is C20H28N8O2. The number of anilines is 1. The lowest BCUT2D eigenvalue weighted by Gasteiger charge is -2.34. The van der Waals surface area contributed by atoms with E-state index in [4.69, 9.17) is 19.2 Å². The molecule has 5 rings (SSSR count). The maximum absolute atomic E-state index is 5.50. The summed E-state index contributed by atoms with van der Waals surface area (Å²) >= 11 is 0. The summed E-state index contributed by atoms with van der Waals surface area (Å²) in [7, 11) is 0. The summed E-state index contributed by atoms with van der Waals surface area (Å²) in [6.45, 7) is 5.75. The Morgan fingerprint density at radius 2 is 2.10 bits per heavy atom. The number of aryl methyl sites for hydroxylation is 1. The molecule has 2 fully saturated rings. The second-order valence-electron chi connectivity index (χ2n) is 7.94. The van der Waals surface area contributed by atoms with Crippen LogP contribution in [-0.2, 0) is 17.7 Å². The summed E-state index contributed by atoms with van der Waals surface area (Å²) in [6, 6.07) is 4.05. The molecule has 3 aliphatic rings. The second kappa shape index (κ2) is 8.57. The molecule has 0 spiro atoms. The number of hydrogen-bond donors (Lipinski definition) is 3. The van der Waals surface area contributed by atoms with Crippen LogP contribution in [0.3, 0.4) is 0 Å². The van der Waals surface area contributed by atoms with Crippen molar-refractivity contribution in [3.8, 4) is 0 Å². The number of aromatic amines is 1. The van der Waals surface area contributed by atoms with Crippen molar-refractivity contribution in [2.75, 3.05) is 31.6 Å². The molecule has 4 heterocycles. The van der Waals surface area contributed by atoms with Crippen molar-refractivity contribution in [1.29, 1.82) is 0 Å². The number of hydrogen-bond acceptors (Lipinski definition) is 9. The molecule has 0 aromatic carbocycles. The maximum atomic E-state index is 5.50. The van der Waals surface area contributed by atoms with E-state index in [1.165, 1.54) is 12.8 Å². The SMILES string of the molecule is CCc1cc(CNC2=NC(N3CCOCC3)CC(Nc3cc(C4CC4)n[nH]3)=N2)on1. The normalized spacial score (nSPS) is 22.5. The van der Waals surface area contributed by atoms with Crippen LogP contribution in [0.4, 0.5) is 5.82 Å². The van der Waals surface area contributed by atoms with E-state index in [1.807, 2.05) is 6.07 Å². The molecule has 2 aromatic rings. The third-order valence-corrected chi connectivity index (χ3v) is 5.62. The van der Waals surface area contributed by atoms with Gasteiger partial charge in [-0.1, -0.05) is 12.1 Å². The van der Waals surface area contributed by atoms with Gasteiger partial charge >= 0.3 is 0 Å². The summed E-state index contributed by atoms with van der Waals surface area (Å²) in [6.07, 6.45) is 4.04. The van der Waals surface area contributed by atoms with Crippen LogP contribution in [0.15, 0.2) is 26.6 Å². The highest BCUT2D eigenvalue weighted by Gasteiger charge is 2.28. The van der Waals surface area contributed by atoms with Gasteiger partial charge in [-0.15, -0.1) is 0 Å². The fourth-order valence-corrected chi connectivity index (χ4v) is 3.73. The number of rotatable bonds is 6. The molecule has 0 bridgehead atoms. The summed E-state index contributed by atoms with van der Waals surface area (Å²) in [5.74, 6) is 3.72. The Bertz CT molecular complexity index is 923. The average molecular weight is 412 g/mol. The van der Waals surface area contributed by atoms with E-state index in [2.05, 4.69) is 43.9 Å². The Kier molecular flexibility index (Phi) is 5.50. The first kappa shape index (κ1) is 19.3. The Morgan fingerprint density at radius 1 is 1.23 bits per heavy atom. The number of aliphatic imine (C=N–C) groups is 2. The van der Waals surface area contributed by atoms with Crippen LogP contribution in [-0.4, -0.2) is 64.5 Å². The first-order valence-corrected chi connectivity index (χ1v) is 10.7. The zero-order valence-electron chi connectivity index (χ0n) is 17.2. The van der Waals surface area contributed by atoms with Crippen molar-refractivity contribution in [2.24, 2.45) is 9.98 Å². The molecule has 1 atom stereocenters. The molecule has 2 aromatic heterocycles. The first-order valence-electron chi connectivity index (χ1n) is 10.7. The molecule has 1 unspecified atom stereocenters. The lowest BCUT2D eigenvalue weighted by Crippen LogP contribution is -2.46. The minimum absolute atomic E-state index is 0.0168. The third kappa shape index (κ3) is 4.54. The molecule has 160 valence electrons. The average Bonchev–Trinajstić information content (AvgIpc) is 3.35. The van der Waals surface area contributed by atoms with Crippen LogP contribution in [0.1, 0.15) is 49.3 Å². The quantitative estimate of drug-likeness (QED) is 0.663. The first-order chi connectivity index (χ1) is 14.8. The van der Waals surface area contributed by atoms with E-state index in [9.17, 15) is 0 Å². The molecule has 10 nitrogen and oxygen atoms in total. The lowest BCUT2D eigenvalue weighted by atomic mass is 10.2. The number of H-pyrrole nitrogens is 1. The smallest absolute Gasteiger partial charge is 0.221 e. The number of nitrogens with zero attached hydrogens (tertiary/aromatic N) is 5. The highest BCUT2D eigenvalue weighted by molar-refractivity contribution is 6.04. The molecule has 10 heteroatoms. The summed E-state index contributed by atoms with van der Waals surface area (Å²) in [5.41, 5.74) is 2.07. The van der Waals surface area contributed by atoms with Gasteiger partial charge in [0.05, 0.1) is 31.1 Å². The van der Waals surface area contributed by atoms with Crippen LogP contribution in [0.2, 0.25) is 0 Å². The molecule has 1 saturated carbocycles. The van der Waals surface area contributed by atoms with Gasteiger partial charge < -0.3 is 19.9 Å².